The number of amides is 1. The van der Waals surface area contributed by atoms with Crippen LogP contribution in [-0.2, 0) is 0 Å². The lowest BCUT2D eigenvalue weighted by Gasteiger charge is -2.36. The van der Waals surface area contributed by atoms with Gasteiger partial charge < -0.3 is 15.1 Å². The molecule has 0 aliphatic carbocycles. The lowest BCUT2D eigenvalue weighted by atomic mass is 10.1. The molecule has 0 saturated carbocycles. The third kappa shape index (κ3) is 3.87. The first-order chi connectivity index (χ1) is 14.4. The maximum atomic E-state index is 13.1. The van der Waals surface area contributed by atoms with Crippen molar-refractivity contribution in [2.75, 3.05) is 36.4 Å². The number of hydrogen-bond acceptors (Lipinski definition) is 5. The number of aromatic nitrogens is 3. The predicted octanol–water partition coefficient (Wildman–Crippen LogP) is 3.74. The van der Waals surface area contributed by atoms with Gasteiger partial charge in [0.1, 0.15) is 0 Å². The van der Waals surface area contributed by atoms with E-state index in [1.54, 1.807) is 0 Å². The molecule has 7 nitrogen and oxygen atoms in total. The maximum absolute atomic E-state index is 13.1. The van der Waals surface area contributed by atoms with E-state index in [-0.39, 0.29) is 5.91 Å². The normalized spacial score (nSPS) is 14.1. The van der Waals surface area contributed by atoms with E-state index in [9.17, 15) is 4.79 Å². The van der Waals surface area contributed by atoms with E-state index in [0.29, 0.717) is 24.6 Å². The number of carbonyl (C=O) groups excluding carboxylic acids is 1. The molecule has 2 aromatic carbocycles. The Morgan fingerprint density at radius 1 is 0.933 bits per heavy atom. The molecule has 0 radical (unpaired) electrons. The zero-order valence-electron chi connectivity index (χ0n) is 18.0. The third-order valence-corrected chi connectivity index (χ3v) is 6.00. The lowest BCUT2D eigenvalue weighted by Crippen LogP contribution is -2.49. The van der Waals surface area contributed by atoms with Crippen LogP contribution in [0, 0.1) is 27.7 Å². The van der Waals surface area contributed by atoms with Gasteiger partial charge in [-0.25, -0.2) is 0 Å². The Bertz CT molecular complexity index is 1070. The number of anilines is 3. The van der Waals surface area contributed by atoms with Crippen LogP contribution in [0.5, 0.6) is 0 Å². The van der Waals surface area contributed by atoms with Crippen LogP contribution in [0.4, 0.5) is 17.2 Å². The first-order valence-corrected chi connectivity index (χ1v) is 10.3. The zero-order chi connectivity index (χ0) is 21.3. The minimum atomic E-state index is -0.101. The molecule has 1 fully saturated rings. The summed E-state index contributed by atoms with van der Waals surface area (Å²) in [5.74, 6) is 0.357. The van der Waals surface area contributed by atoms with E-state index in [2.05, 4.69) is 71.5 Å². The van der Waals surface area contributed by atoms with Crippen molar-refractivity contribution in [2.24, 2.45) is 0 Å². The third-order valence-electron chi connectivity index (χ3n) is 6.00. The van der Waals surface area contributed by atoms with Crippen molar-refractivity contribution >= 4 is 23.1 Å². The van der Waals surface area contributed by atoms with Crippen molar-refractivity contribution in [1.29, 1.82) is 0 Å². The van der Waals surface area contributed by atoms with Crippen LogP contribution in [0.2, 0.25) is 0 Å². The number of carbonyl (C=O) groups is 1. The number of nitrogens with one attached hydrogen (secondary N) is 2. The highest BCUT2D eigenvalue weighted by molar-refractivity contribution is 5.97. The summed E-state index contributed by atoms with van der Waals surface area (Å²) in [6.07, 6.45) is 0. The molecule has 2 N–H and O–H groups in total. The highest BCUT2D eigenvalue weighted by Crippen LogP contribution is 2.25. The molecule has 1 amide bonds. The molecular weight excluding hydrogens is 376 g/mol. The Morgan fingerprint density at radius 2 is 1.70 bits per heavy atom. The van der Waals surface area contributed by atoms with Gasteiger partial charge in [0.25, 0.3) is 5.91 Å². The molecule has 0 unspecified atom stereocenters. The Hall–Kier alpha value is -3.35. The standard InChI is InChI=1S/C23H28N6O/c1-15-8-9-19(14-17(15)3)24-22-21(25-27-26-22)23(30)29-12-10-28(11-13-29)20-7-5-6-16(2)18(20)4/h5-9,14H,10-13H2,1-4H3,(H2,24,25,26,27). The molecule has 30 heavy (non-hydrogen) atoms. The molecule has 3 aromatic rings. The van der Waals surface area contributed by atoms with Crippen molar-refractivity contribution in [3.8, 4) is 0 Å². The van der Waals surface area contributed by atoms with Gasteiger partial charge in [-0.2, -0.15) is 5.21 Å². The van der Waals surface area contributed by atoms with Crippen LogP contribution in [0.1, 0.15) is 32.7 Å². The molecule has 156 valence electrons. The van der Waals surface area contributed by atoms with Gasteiger partial charge in [0.2, 0.25) is 0 Å². The summed E-state index contributed by atoms with van der Waals surface area (Å²) in [6, 6.07) is 12.5. The summed E-state index contributed by atoms with van der Waals surface area (Å²) in [4.78, 5) is 17.3. The van der Waals surface area contributed by atoms with Gasteiger partial charge in [-0.3, -0.25) is 4.79 Å². The smallest absolute Gasteiger partial charge is 0.278 e. The molecule has 7 heteroatoms. The second-order valence-corrected chi connectivity index (χ2v) is 7.94. The predicted molar refractivity (Wildman–Crippen MR) is 120 cm³/mol. The lowest BCUT2D eigenvalue weighted by molar-refractivity contribution is 0.0742. The summed E-state index contributed by atoms with van der Waals surface area (Å²) >= 11 is 0. The fraction of sp³-hybridized carbons (Fsp3) is 0.348. The number of piperazine rings is 1. The molecule has 1 aliphatic heterocycles. The number of aryl methyl sites for hydroxylation is 3. The highest BCUT2D eigenvalue weighted by atomic mass is 16.2. The number of aromatic amines is 1. The summed E-state index contributed by atoms with van der Waals surface area (Å²) in [5, 5.41) is 14.1. The molecule has 1 aromatic heterocycles. The monoisotopic (exact) mass is 404 g/mol. The van der Waals surface area contributed by atoms with E-state index in [1.807, 2.05) is 23.1 Å². The topological polar surface area (TPSA) is 77.1 Å². The number of nitrogens with zero attached hydrogens (tertiary/aromatic N) is 4. The molecule has 0 atom stereocenters. The Balaban J connectivity index is 1.44. The fourth-order valence-corrected chi connectivity index (χ4v) is 3.80. The van der Waals surface area contributed by atoms with Gasteiger partial charge in [0.15, 0.2) is 11.5 Å². The van der Waals surface area contributed by atoms with E-state index in [0.717, 1.165) is 18.8 Å². The zero-order valence-corrected chi connectivity index (χ0v) is 18.0. The van der Waals surface area contributed by atoms with E-state index >= 15 is 0 Å². The summed E-state index contributed by atoms with van der Waals surface area (Å²) in [5.41, 5.74) is 7.46. The van der Waals surface area contributed by atoms with Crippen LogP contribution >= 0.6 is 0 Å². The van der Waals surface area contributed by atoms with Crippen LogP contribution in [0.15, 0.2) is 36.4 Å². The average Bonchev–Trinajstić information content (AvgIpc) is 3.20. The number of hydrogen-bond donors (Lipinski definition) is 2. The van der Waals surface area contributed by atoms with Gasteiger partial charge in [-0.1, -0.05) is 18.2 Å². The largest absolute Gasteiger partial charge is 0.368 e. The molecular formula is C23H28N6O. The molecule has 1 aliphatic rings. The minimum absolute atomic E-state index is 0.101. The van der Waals surface area contributed by atoms with Gasteiger partial charge in [0, 0.05) is 37.6 Å². The van der Waals surface area contributed by atoms with E-state index in [1.165, 1.54) is 27.9 Å². The number of H-pyrrole nitrogens is 1. The molecule has 2 heterocycles. The summed E-state index contributed by atoms with van der Waals surface area (Å²) in [7, 11) is 0. The quantitative estimate of drug-likeness (QED) is 0.693. The summed E-state index contributed by atoms with van der Waals surface area (Å²) < 4.78 is 0. The molecule has 4 rings (SSSR count). The number of benzene rings is 2. The Morgan fingerprint density at radius 3 is 2.43 bits per heavy atom. The molecule has 0 spiro atoms. The molecule has 0 bridgehead atoms. The van der Waals surface area contributed by atoms with Gasteiger partial charge >= 0.3 is 0 Å². The second-order valence-electron chi connectivity index (χ2n) is 7.94. The van der Waals surface area contributed by atoms with Crippen molar-refractivity contribution in [1.82, 2.24) is 20.3 Å². The average molecular weight is 405 g/mol. The Kier molecular flexibility index (Phi) is 5.44. The van der Waals surface area contributed by atoms with Crippen LogP contribution < -0.4 is 10.2 Å². The number of rotatable bonds is 4. The SMILES string of the molecule is Cc1ccc(Nc2n[nH]nc2C(=O)N2CCN(c3cccc(C)c3C)CC2)cc1C. The summed E-state index contributed by atoms with van der Waals surface area (Å²) in [6.45, 7) is 11.3. The van der Waals surface area contributed by atoms with Crippen LogP contribution in [0.25, 0.3) is 0 Å². The van der Waals surface area contributed by atoms with Crippen molar-refractivity contribution < 1.29 is 4.79 Å². The van der Waals surface area contributed by atoms with Crippen LogP contribution in [0.3, 0.4) is 0 Å². The maximum Gasteiger partial charge on any atom is 0.278 e. The van der Waals surface area contributed by atoms with Crippen LogP contribution in [-0.4, -0.2) is 52.4 Å². The van der Waals surface area contributed by atoms with Crippen molar-refractivity contribution in [2.45, 2.75) is 27.7 Å². The first kappa shape index (κ1) is 19.9. The van der Waals surface area contributed by atoms with Gasteiger partial charge in [0.05, 0.1) is 0 Å². The Labute approximate surface area is 177 Å². The molecule has 1 saturated heterocycles. The van der Waals surface area contributed by atoms with Gasteiger partial charge in [-0.15, -0.1) is 10.2 Å². The van der Waals surface area contributed by atoms with Crippen molar-refractivity contribution in [3.05, 3.63) is 64.3 Å². The second kappa shape index (κ2) is 8.18. The van der Waals surface area contributed by atoms with E-state index in [4.69, 9.17) is 0 Å². The first-order valence-electron chi connectivity index (χ1n) is 10.3. The van der Waals surface area contributed by atoms with E-state index < -0.39 is 0 Å². The highest BCUT2D eigenvalue weighted by Gasteiger charge is 2.27. The fourth-order valence-electron chi connectivity index (χ4n) is 3.80. The van der Waals surface area contributed by atoms with Crippen molar-refractivity contribution in [3.63, 3.8) is 0 Å². The van der Waals surface area contributed by atoms with Gasteiger partial charge in [-0.05, 0) is 68.1 Å². The minimum Gasteiger partial charge on any atom is -0.368 e.